The van der Waals surface area contributed by atoms with Crippen LogP contribution in [0, 0.1) is 5.82 Å². The van der Waals surface area contributed by atoms with Crippen molar-refractivity contribution in [2.24, 2.45) is 0 Å². The number of ketones is 1. The highest BCUT2D eigenvalue weighted by molar-refractivity contribution is 7.98. The first-order chi connectivity index (χ1) is 13.9. The van der Waals surface area contributed by atoms with Crippen LogP contribution in [0.2, 0.25) is 5.02 Å². The van der Waals surface area contributed by atoms with Crippen molar-refractivity contribution in [3.8, 4) is 5.75 Å². The van der Waals surface area contributed by atoms with E-state index >= 15 is 0 Å². The molecule has 2 heterocycles. The Kier molecular flexibility index (Phi) is 7.05. The highest BCUT2D eigenvalue weighted by atomic mass is 35.5. The standard InChI is InChI=1S/C19H19ClFN3O4S/c1-11(25)14-7-12(21)3-4-16(14)28-10-13-9-24(5-6-27-13)18(26)17-15(20)8-22-19(23-17)29-2/h3-4,7-8,13H,5-6,9-10H2,1-2H3. The summed E-state index contributed by atoms with van der Waals surface area (Å²) in [5.41, 5.74) is 0.302. The Bertz CT molecular complexity index is 930. The van der Waals surface area contributed by atoms with Gasteiger partial charge in [0.15, 0.2) is 16.6 Å². The first-order valence-corrected chi connectivity index (χ1v) is 10.4. The third-order valence-corrected chi connectivity index (χ3v) is 5.12. The van der Waals surface area contributed by atoms with Crippen molar-refractivity contribution < 1.29 is 23.5 Å². The number of carbonyl (C=O) groups excluding carboxylic acids is 2. The monoisotopic (exact) mass is 439 g/mol. The number of nitrogens with zero attached hydrogens (tertiary/aromatic N) is 3. The molecule has 0 spiro atoms. The Hall–Kier alpha value is -2.23. The van der Waals surface area contributed by atoms with Crippen molar-refractivity contribution in [3.63, 3.8) is 0 Å². The lowest BCUT2D eigenvalue weighted by Gasteiger charge is -2.32. The zero-order chi connectivity index (χ0) is 21.0. The van der Waals surface area contributed by atoms with Gasteiger partial charge in [0.1, 0.15) is 24.3 Å². The van der Waals surface area contributed by atoms with Gasteiger partial charge in [-0.05, 0) is 31.4 Å². The second kappa shape index (κ2) is 9.51. The molecule has 10 heteroatoms. The van der Waals surface area contributed by atoms with E-state index < -0.39 is 11.9 Å². The predicted molar refractivity (Wildman–Crippen MR) is 106 cm³/mol. The van der Waals surface area contributed by atoms with Crippen LogP contribution in [-0.4, -0.2) is 65.2 Å². The zero-order valence-electron chi connectivity index (χ0n) is 15.9. The Morgan fingerprint density at radius 2 is 2.24 bits per heavy atom. The number of halogens is 2. The summed E-state index contributed by atoms with van der Waals surface area (Å²) in [5, 5.41) is 0.642. The minimum absolute atomic E-state index is 0.100. The minimum atomic E-state index is -0.514. The molecule has 1 aromatic carbocycles. The molecular formula is C19H19ClFN3O4S. The maximum atomic E-state index is 13.4. The van der Waals surface area contributed by atoms with Gasteiger partial charge >= 0.3 is 0 Å². The molecular weight excluding hydrogens is 421 g/mol. The molecule has 154 valence electrons. The van der Waals surface area contributed by atoms with Gasteiger partial charge in [0, 0.05) is 6.54 Å². The molecule has 3 rings (SSSR count). The number of aromatic nitrogens is 2. The first-order valence-electron chi connectivity index (χ1n) is 8.79. The number of ether oxygens (including phenoxy) is 2. The Morgan fingerprint density at radius 1 is 1.45 bits per heavy atom. The molecule has 1 atom stereocenters. The van der Waals surface area contributed by atoms with E-state index in [1.54, 1.807) is 4.90 Å². The van der Waals surface area contributed by atoms with Gasteiger partial charge in [0.05, 0.1) is 29.9 Å². The molecule has 1 aliphatic heterocycles. The van der Waals surface area contributed by atoms with E-state index in [-0.39, 0.29) is 46.9 Å². The molecule has 29 heavy (non-hydrogen) atoms. The highest BCUT2D eigenvalue weighted by Crippen LogP contribution is 2.22. The number of thioether (sulfide) groups is 1. The van der Waals surface area contributed by atoms with Gasteiger partial charge in [-0.3, -0.25) is 9.59 Å². The first kappa shape index (κ1) is 21.5. The molecule has 1 aliphatic rings. The Morgan fingerprint density at radius 3 is 2.97 bits per heavy atom. The lowest BCUT2D eigenvalue weighted by atomic mass is 10.1. The molecule has 0 radical (unpaired) electrons. The van der Waals surface area contributed by atoms with Crippen LogP contribution in [0.15, 0.2) is 29.6 Å². The fourth-order valence-electron chi connectivity index (χ4n) is 2.84. The van der Waals surface area contributed by atoms with E-state index in [1.165, 1.54) is 37.0 Å². The Labute approximate surface area is 176 Å². The Balaban J connectivity index is 1.67. The van der Waals surface area contributed by atoms with Crippen LogP contribution in [-0.2, 0) is 4.74 Å². The quantitative estimate of drug-likeness (QED) is 0.388. The number of hydrogen-bond donors (Lipinski definition) is 0. The van der Waals surface area contributed by atoms with Crippen molar-refractivity contribution in [1.29, 1.82) is 0 Å². The van der Waals surface area contributed by atoms with Gasteiger partial charge < -0.3 is 14.4 Å². The van der Waals surface area contributed by atoms with Crippen molar-refractivity contribution in [3.05, 3.63) is 46.5 Å². The molecule has 1 unspecified atom stereocenters. The second-order valence-corrected chi connectivity index (χ2v) is 7.49. The highest BCUT2D eigenvalue weighted by Gasteiger charge is 2.28. The summed E-state index contributed by atoms with van der Waals surface area (Å²) in [6.07, 6.45) is 2.80. The maximum Gasteiger partial charge on any atom is 0.274 e. The number of Topliss-reactive ketones (excluding diaryl/α,β-unsaturated/α-hetero) is 1. The van der Waals surface area contributed by atoms with Crippen molar-refractivity contribution in [2.75, 3.05) is 32.6 Å². The van der Waals surface area contributed by atoms with Crippen molar-refractivity contribution >= 4 is 35.1 Å². The van der Waals surface area contributed by atoms with Gasteiger partial charge in [-0.25, -0.2) is 14.4 Å². The molecule has 1 saturated heterocycles. The molecule has 0 saturated carbocycles. The molecule has 1 aromatic heterocycles. The van der Waals surface area contributed by atoms with Crippen LogP contribution >= 0.6 is 23.4 Å². The molecule has 0 aliphatic carbocycles. The SMILES string of the molecule is CSc1ncc(Cl)c(C(=O)N2CCOC(COc3ccc(F)cc3C(C)=O)C2)n1. The number of benzene rings is 1. The predicted octanol–water partition coefficient (Wildman–Crippen LogP) is 3.11. The van der Waals surface area contributed by atoms with Gasteiger partial charge in [-0.1, -0.05) is 23.4 Å². The average molecular weight is 440 g/mol. The van der Waals surface area contributed by atoms with Crippen LogP contribution < -0.4 is 4.74 Å². The maximum absolute atomic E-state index is 13.4. The van der Waals surface area contributed by atoms with E-state index in [9.17, 15) is 14.0 Å². The van der Waals surface area contributed by atoms with Gasteiger partial charge in [-0.15, -0.1) is 0 Å². The lowest BCUT2D eigenvalue weighted by molar-refractivity contribution is -0.0403. The molecule has 7 nitrogen and oxygen atoms in total. The second-order valence-electron chi connectivity index (χ2n) is 6.30. The normalized spacial score (nSPS) is 16.6. The van der Waals surface area contributed by atoms with E-state index in [0.717, 1.165) is 6.07 Å². The summed E-state index contributed by atoms with van der Waals surface area (Å²) in [7, 11) is 0. The molecule has 1 amide bonds. The summed E-state index contributed by atoms with van der Waals surface area (Å²) in [5.74, 6) is -0.856. The summed E-state index contributed by atoms with van der Waals surface area (Å²) >= 11 is 7.42. The number of amides is 1. The van der Waals surface area contributed by atoms with Crippen LogP contribution in [0.25, 0.3) is 0 Å². The van der Waals surface area contributed by atoms with E-state index in [4.69, 9.17) is 21.1 Å². The third-order valence-electron chi connectivity index (χ3n) is 4.28. The third kappa shape index (κ3) is 5.23. The minimum Gasteiger partial charge on any atom is -0.490 e. The van der Waals surface area contributed by atoms with Crippen LogP contribution in [0.3, 0.4) is 0 Å². The number of carbonyl (C=O) groups is 2. The smallest absolute Gasteiger partial charge is 0.274 e. The lowest BCUT2D eigenvalue weighted by Crippen LogP contribution is -2.48. The molecule has 1 fully saturated rings. The number of hydrogen-bond acceptors (Lipinski definition) is 7. The average Bonchev–Trinajstić information content (AvgIpc) is 2.72. The van der Waals surface area contributed by atoms with Gasteiger partial charge in [-0.2, -0.15) is 0 Å². The zero-order valence-corrected chi connectivity index (χ0v) is 17.4. The number of rotatable bonds is 6. The topological polar surface area (TPSA) is 81.6 Å². The van der Waals surface area contributed by atoms with Crippen LogP contribution in [0.1, 0.15) is 27.8 Å². The fourth-order valence-corrected chi connectivity index (χ4v) is 3.35. The van der Waals surface area contributed by atoms with Crippen molar-refractivity contribution in [2.45, 2.75) is 18.2 Å². The molecule has 0 bridgehead atoms. The number of morpholine rings is 1. The van der Waals surface area contributed by atoms with E-state index in [1.807, 2.05) is 6.26 Å². The van der Waals surface area contributed by atoms with Gasteiger partial charge in [0.25, 0.3) is 5.91 Å². The van der Waals surface area contributed by atoms with Crippen LogP contribution in [0.5, 0.6) is 5.75 Å². The fraction of sp³-hybridized carbons (Fsp3) is 0.368. The van der Waals surface area contributed by atoms with E-state index in [0.29, 0.717) is 18.3 Å². The summed E-state index contributed by atoms with van der Waals surface area (Å²) in [4.78, 5) is 34.4. The van der Waals surface area contributed by atoms with E-state index in [2.05, 4.69) is 9.97 Å². The largest absolute Gasteiger partial charge is 0.490 e. The summed E-state index contributed by atoms with van der Waals surface area (Å²) < 4.78 is 24.7. The van der Waals surface area contributed by atoms with Gasteiger partial charge in [0.2, 0.25) is 0 Å². The molecule has 0 N–H and O–H groups in total. The summed E-state index contributed by atoms with van der Waals surface area (Å²) in [6.45, 7) is 2.42. The molecule has 2 aromatic rings. The summed E-state index contributed by atoms with van der Waals surface area (Å²) in [6, 6.07) is 3.76. The van der Waals surface area contributed by atoms with Crippen LogP contribution in [0.4, 0.5) is 4.39 Å². The van der Waals surface area contributed by atoms with Crippen molar-refractivity contribution in [1.82, 2.24) is 14.9 Å².